The molecule has 0 saturated carbocycles. The minimum atomic E-state index is -1.03. The fourth-order valence-corrected chi connectivity index (χ4v) is 1.46. The Morgan fingerprint density at radius 2 is 1.80 bits per heavy atom. The second-order valence-electron chi connectivity index (χ2n) is 4.12. The normalized spacial score (nSPS) is 9.70. The number of carboxylic acid groups (broad SMARTS) is 1. The minimum absolute atomic E-state index is 0.0487. The lowest BCUT2D eigenvalue weighted by Gasteiger charge is -2.17. The van der Waals surface area contributed by atoms with Crippen LogP contribution in [0.5, 0.6) is 0 Å². The van der Waals surface area contributed by atoms with Crippen molar-refractivity contribution in [2.24, 2.45) is 0 Å². The SMILES string of the molecule is CCNC(=O)CN(C)C(=O)Nc1ccc(C(=O)O)cc1. The molecule has 0 heterocycles. The molecule has 0 bridgehead atoms. The van der Waals surface area contributed by atoms with E-state index in [1.807, 2.05) is 0 Å². The zero-order valence-electron chi connectivity index (χ0n) is 11.3. The molecule has 0 spiro atoms. The third-order valence-corrected chi connectivity index (χ3v) is 2.48. The number of urea groups is 1. The van der Waals surface area contributed by atoms with Gasteiger partial charge in [-0.05, 0) is 31.2 Å². The lowest BCUT2D eigenvalue weighted by molar-refractivity contribution is -0.121. The molecule has 20 heavy (non-hydrogen) atoms. The predicted molar refractivity (Wildman–Crippen MR) is 73.7 cm³/mol. The van der Waals surface area contributed by atoms with E-state index in [0.29, 0.717) is 12.2 Å². The Labute approximate surface area is 116 Å². The molecule has 0 radical (unpaired) electrons. The molecule has 7 heteroatoms. The number of nitrogens with zero attached hydrogens (tertiary/aromatic N) is 1. The Morgan fingerprint density at radius 1 is 1.20 bits per heavy atom. The van der Waals surface area contributed by atoms with Gasteiger partial charge >= 0.3 is 12.0 Å². The molecule has 3 amide bonds. The van der Waals surface area contributed by atoms with Crippen LogP contribution in [0.2, 0.25) is 0 Å². The number of carbonyl (C=O) groups is 3. The largest absolute Gasteiger partial charge is 0.478 e. The Kier molecular flexibility index (Phi) is 5.52. The first-order chi connectivity index (χ1) is 9.43. The van der Waals surface area contributed by atoms with Crippen LogP contribution in [0.15, 0.2) is 24.3 Å². The van der Waals surface area contributed by atoms with Gasteiger partial charge in [-0.2, -0.15) is 0 Å². The molecule has 0 unspecified atom stereocenters. The number of rotatable bonds is 5. The molecule has 0 aromatic heterocycles. The highest BCUT2D eigenvalue weighted by Crippen LogP contribution is 2.10. The van der Waals surface area contributed by atoms with Crippen molar-refractivity contribution in [2.75, 3.05) is 25.5 Å². The van der Waals surface area contributed by atoms with Crippen LogP contribution >= 0.6 is 0 Å². The number of amides is 3. The molecule has 3 N–H and O–H groups in total. The van der Waals surface area contributed by atoms with Crippen LogP contribution in [0.25, 0.3) is 0 Å². The zero-order valence-corrected chi connectivity index (χ0v) is 11.3. The maximum atomic E-state index is 11.8. The van der Waals surface area contributed by atoms with Crippen molar-refractivity contribution < 1.29 is 19.5 Å². The van der Waals surface area contributed by atoms with Gasteiger partial charge in [-0.3, -0.25) is 4.79 Å². The summed E-state index contributed by atoms with van der Waals surface area (Å²) < 4.78 is 0. The highest BCUT2D eigenvalue weighted by Gasteiger charge is 2.12. The summed E-state index contributed by atoms with van der Waals surface area (Å²) in [5.41, 5.74) is 0.599. The molecule has 0 atom stereocenters. The van der Waals surface area contributed by atoms with Crippen molar-refractivity contribution in [3.8, 4) is 0 Å². The van der Waals surface area contributed by atoms with Crippen LogP contribution < -0.4 is 10.6 Å². The molecule has 1 aromatic rings. The van der Waals surface area contributed by atoms with E-state index in [9.17, 15) is 14.4 Å². The van der Waals surface area contributed by atoms with Crippen molar-refractivity contribution in [1.82, 2.24) is 10.2 Å². The summed E-state index contributed by atoms with van der Waals surface area (Å²) in [7, 11) is 1.50. The summed E-state index contributed by atoms with van der Waals surface area (Å²) in [5, 5.41) is 13.9. The molecular weight excluding hydrogens is 262 g/mol. The van der Waals surface area contributed by atoms with E-state index in [1.54, 1.807) is 6.92 Å². The summed E-state index contributed by atoms with van der Waals surface area (Å²) in [6.45, 7) is 2.25. The minimum Gasteiger partial charge on any atom is -0.478 e. The molecule has 1 aromatic carbocycles. The molecule has 7 nitrogen and oxygen atoms in total. The van der Waals surface area contributed by atoms with E-state index in [2.05, 4.69) is 10.6 Å². The van der Waals surface area contributed by atoms with Crippen LogP contribution in [-0.4, -0.2) is 48.1 Å². The van der Waals surface area contributed by atoms with Gasteiger partial charge in [0.1, 0.15) is 6.54 Å². The van der Waals surface area contributed by atoms with Crippen LogP contribution in [0.1, 0.15) is 17.3 Å². The Balaban J connectivity index is 2.57. The second kappa shape index (κ2) is 7.13. The number of likely N-dealkylation sites (N-methyl/N-ethyl adjacent to an activating group) is 2. The molecule has 1 rings (SSSR count). The summed E-state index contributed by atoms with van der Waals surface area (Å²) in [6, 6.07) is 5.31. The van der Waals surface area contributed by atoms with E-state index in [1.165, 1.54) is 36.2 Å². The number of hydrogen-bond acceptors (Lipinski definition) is 3. The van der Waals surface area contributed by atoms with E-state index in [4.69, 9.17) is 5.11 Å². The first-order valence-corrected chi connectivity index (χ1v) is 6.06. The third-order valence-electron chi connectivity index (χ3n) is 2.48. The van der Waals surface area contributed by atoms with Crippen molar-refractivity contribution >= 4 is 23.6 Å². The summed E-state index contributed by atoms with van der Waals surface area (Å²) in [6.07, 6.45) is 0. The van der Waals surface area contributed by atoms with E-state index >= 15 is 0 Å². The van der Waals surface area contributed by atoms with Gasteiger partial charge in [-0.1, -0.05) is 0 Å². The highest BCUT2D eigenvalue weighted by molar-refractivity contribution is 5.93. The van der Waals surface area contributed by atoms with E-state index < -0.39 is 12.0 Å². The fraction of sp³-hybridized carbons (Fsp3) is 0.308. The Hall–Kier alpha value is -2.57. The van der Waals surface area contributed by atoms with Crippen LogP contribution in [0.3, 0.4) is 0 Å². The number of hydrogen-bond donors (Lipinski definition) is 3. The number of anilines is 1. The maximum Gasteiger partial charge on any atom is 0.335 e. The standard InChI is InChI=1S/C13H17N3O4/c1-3-14-11(17)8-16(2)13(20)15-10-6-4-9(5-7-10)12(18)19/h4-7H,3,8H2,1-2H3,(H,14,17)(H,15,20)(H,18,19). The first-order valence-electron chi connectivity index (χ1n) is 6.06. The van der Waals surface area contributed by atoms with Crippen molar-refractivity contribution in [1.29, 1.82) is 0 Å². The highest BCUT2D eigenvalue weighted by atomic mass is 16.4. The summed E-state index contributed by atoms with van der Waals surface area (Å²) in [5.74, 6) is -1.28. The van der Waals surface area contributed by atoms with E-state index in [-0.39, 0.29) is 18.0 Å². The average molecular weight is 279 g/mol. The topological polar surface area (TPSA) is 98.7 Å². The molecule has 0 aliphatic carbocycles. The van der Waals surface area contributed by atoms with E-state index in [0.717, 1.165) is 0 Å². The Morgan fingerprint density at radius 3 is 2.30 bits per heavy atom. The lowest BCUT2D eigenvalue weighted by Crippen LogP contribution is -2.40. The number of carboxylic acids is 1. The summed E-state index contributed by atoms with van der Waals surface area (Å²) >= 11 is 0. The molecule has 108 valence electrons. The molecular formula is C13H17N3O4. The van der Waals surface area contributed by atoms with Gasteiger partial charge in [0.15, 0.2) is 0 Å². The van der Waals surface area contributed by atoms with Gasteiger partial charge in [0, 0.05) is 19.3 Å². The molecule has 0 fully saturated rings. The molecule has 0 aliphatic heterocycles. The third kappa shape index (κ3) is 4.60. The number of benzene rings is 1. The molecule has 0 saturated heterocycles. The van der Waals surface area contributed by atoms with Gasteiger partial charge < -0.3 is 20.6 Å². The monoisotopic (exact) mass is 279 g/mol. The second-order valence-corrected chi connectivity index (χ2v) is 4.12. The molecule has 0 aliphatic rings. The maximum absolute atomic E-state index is 11.8. The van der Waals surface area contributed by atoms with Crippen LogP contribution in [-0.2, 0) is 4.79 Å². The van der Waals surface area contributed by atoms with Crippen LogP contribution in [0.4, 0.5) is 10.5 Å². The fourth-order valence-electron chi connectivity index (χ4n) is 1.46. The number of aromatic carboxylic acids is 1. The van der Waals surface area contributed by atoms with Crippen molar-refractivity contribution in [3.05, 3.63) is 29.8 Å². The van der Waals surface area contributed by atoms with Crippen LogP contribution in [0, 0.1) is 0 Å². The van der Waals surface area contributed by atoms with Gasteiger partial charge in [-0.25, -0.2) is 9.59 Å². The number of carbonyl (C=O) groups excluding carboxylic acids is 2. The predicted octanol–water partition coefficient (Wildman–Crippen LogP) is 0.985. The lowest BCUT2D eigenvalue weighted by atomic mass is 10.2. The Bertz CT molecular complexity index is 499. The van der Waals surface area contributed by atoms with Gasteiger partial charge in [0.25, 0.3) is 0 Å². The average Bonchev–Trinajstić information content (AvgIpc) is 2.39. The van der Waals surface area contributed by atoms with Gasteiger partial charge in [-0.15, -0.1) is 0 Å². The first kappa shape index (κ1) is 15.5. The zero-order chi connectivity index (χ0) is 15.1. The van der Waals surface area contributed by atoms with Gasteiger partial charge in [0.05, 0.1) is 5.56 Å². The quantitative estimate of drug-likeness (QED) is 0.748. The smallest absolute Gasteiger partial charge is 0.335 e. The van der Waals surface area contributed by atoms with Crippen molar-refractivity contribution in [3.63, 3.8) is 0 Å². The summed E-state index contributed by atoms with van der Waals surface area (Å²) in [4.78, 5) is 35.0. The van der Waals surface area contributed by atoms with Gasteiger partial charge in [0.2, 0.25) is 5.91 Å². The number of nitrogens with one attached hydrogen (secondary N) is 2. The van der Waals surface area contributed by atoms with Crippen molar-refractivity contribution in [2.45, 2.75) is 6.92 Å².